The summed E-state index contributed by atoms with van der Waals surface area (Å²) in [5.41, 5.74) is 0.332. The van der Waals surface area contributed by atoms with E-state index in [0.29, 0.717) is 24.0 Å². The lowest BCUT2D eigenvalue weighted by Crippen LogP contribution is -2.00. The van der Waals surface area contributed by atoms with Gasteiger partial charge in [-0.1, -0.05) is 0 Å². The molecule has 2 rings (SSSR count). The van der Waals surface area contributed by atoms with Crippen molar-refractivity contribution in [2.24, 2.45) is 0 Å². The molecule has 0 saturated heterocycles. The molecular weight excluding hydrogens is 156 g/mol. The van der Waals surface area contributed by atoms with Gasteiger partial charge < -0.3 is 4.74 Å². The topological polar surface area (TPSA) is 52.1 Å². The van der Waals surface area contributed by atoms with E-state index in [2.05, 4.69) is 10.2 Å². The quantitative estimate of drug-likeness (QED) is 0.621. The number of hydrogen-bond donors (Lipinski definition) is 0. The van der Waals surface area contributed by atoms with Crippen LogP contribution in [0.3, 0.4) is 0 Å². The lowest BCUT2D eigenvalue weighted by Gasteiger charge is -2.00. The first-order valence-corrected chi connectivity index (χ1v) is 3.84. The average molecular weight is 164 g/mol. The van der Waals surface area contributed by atoms with E-state index in [1.165, 1.54) is 0 Å². The van der Waals surface area contributed by atoms with Gasteiger partial charge in [0, 0.05) is 6.07 Å². The van der Waals surface area contributed by atoms with E-state index in [-0.39, 0.29) is 0 Å². The molecular formula is C8H8N2O2. The normalized spacial score (nSPS) is 15.7. The van der Waals surface area contributed by atoms with Gasteiger partial charge in [-0.25, -0.2) is 0 Å². The second-order valence-electron chi connectivity index (χ2n) is 2.73. The number of carbonyl (C=O) groups is 1. The summed E-state index contributed by atoms with van der Waals surface area (Å²) in [4.78, 5) is 10.2. The molecule has 4 nitrogen and oxygen atoms in total. The molecule has 0 bridgehead atoms. The van der Waals surface area contributed by atoms with Crippen LogP contribution in [0.4, 0.5) is 0 Å². The summed E-state index contributed by atoms with van der Waals surface area (Å²) < 4.78 is 5.34. The molecule has 0 radical (unpaired) electrons. The third-order valence-corrected chi connectivity index (χ3v) is 1.59. The van der Waals surface area contributed by atoms with Gasteiger partial charge in [0.1, 0.15) is 11.8 Å². The van der Waals surface area contributed by atoms with Crippen LogP contribution in [0.25, 0.3) is 0 Å². The third-order valence-electron chi connectivity index (χ3n) is 1.59. The van der Waals surface area contributed by atoms with Crippen molar-refractivity contribution in [3.05, 3.63) is 17.8 Å². The molecule has 1 fully saturated rings. The maximum absolute atomic E-state index is 10.2. The first-order valence-electron chi connectivity index (χ1n) is 3.84. The molecule has 62 valence electrons. The molecule has 4 heteroatoms. The van der Waals surface area contributed by atoms with Crippen molar-refractivity contribution in [2.45, 2.75) is 18.9 Å². The van der Waals surface area contributed by atoms with Crippen LogP contribution < -0.4 is 4.74 Å². The lowest BCUT2D eigenvalue weighted by atomic mass is 10.4. The summed E-state index contributed by atoms with van der Waals surface area (Å²) in [7, 11) is 0. The monoisotopic (exact) mass is 164 g/mol. The predicted octanol–water partition coefficient (Wildman–Crippen LogP) is 0.830. The number of hydrogen-bond acceptors (Lipinski definition) is 4. The summed E-state index contributed by atoms with van der Waals surface area (Å²) in [5.74, 6) is 0.503. The van der Waals surface area contributed by atoms with Crippen molar-refractivity contribution in [3.8, 4) is 5.88 Å². The first-order chi connectivity index (χ1) is 5.88. The van der Waals surface area contributed by atoms with Gasteiger partial charge >= 0.3 is 0 Å². The summed E-state index contributed by atoms with van der Waals surface area (Å²) in [6, 6.07) is 3.26. The Morgan fingerprint density at radius 3 is 2.75 bits per heavy atom. The minimum absolute atomic E-state index is 0.321. The first kappa shape index (κ1) is 7.21. The van der Waals surface area contributed by atoms with E-state index in [4.69, 9.17) is 4.74 Å². The number of rotatable bonds is 3. The Labute approximate surface area is 69.6 Å². The van der Waals surface area contributed by atoms with Crippen LogP contribution >= 0.6 is 0 Å². The van der Waals surface area contributed by atoms with E-state index in [1.54, 1.807) is 12.1 Å². The average Bonchev–Trinajstić information content (AvgIpc) is 2.90. The zero-order valence-corrected chi connectivity index (χ0v) is 6.43. The van der Waals surface area contributed by atoms with E-state index in [1.807, 2.05) is 0 Å². The Morgan fingerprint density at radius 1 is 1.42 bits per heavy atom. The fourth-order valence-electron chi connectivity index (χ4n) is 0.813. The van der Waals surface area contributed by atoms with Crippen LogP contribution in [0.15, 0.2) is 12.1 Å². The zero-order valence-electron chi connectivity index (χ0n) is 6.43. The smallest absolute Gasteiger partial charge is 0.233 e. The van der Waals surface area contributed by atoms with E-state index < -0.39 is 0 Å². The number of ether oxygens (including phenoxy) is 1. The van der Waals surface area contributed by atoms with Gasteiger partial charge in [-0.3, -0.25) is 4.79 Å². The highest BCUT2D eigenvalue weighted by Crippen LogP contribution is 2.24. The summed E-state index contributed by atoms with van der Waals surface area (Å²) in [6.45, 7) is 0. The highest BCUT2D eigenvalue weighted by Gasteiger charge is 2.23. The van der Waals surface area contributed by atoms with Gasteiger partial charge in [-0.05, 0) is 18.9 Å². The maximum Gasteiger partial charge on any atom is 0.233 e. The second-order valence-corrected chi connectivity index (χ2v) is 2.73. The Hall–Kier alpha value is -1.45. The Balaban J connectivity index is 2.07. The summed E-state index contributed by atoms with van der Waals surface area (Å²) >= 11 is 0. The van der Waals surface area contributed by atoms with Crippen molar-refractivity contribution in [3.63, 3.8) is 0 Å². The van der Waals surface area contributed by atoms with Gasteiger partial charge in [0.25, 0.3) is 0 Å². The number of carbonyl (C=O) groups excluding carboxylic acids is 1. The number of nitrogens with zero attached hydrogens (tertiary/aromatic N) is 2. The largest absolute Gasteiger partial charge is 0.473 e. The summed E-state index contributed by atoms with van der Waals surface area (Å²) in [6.07, 6.45) is 3.17. The van der Waals surface area contributed by atoms with Crippen LogP contribution in [0, 0.1) is 0 Å². The molecule has 0 amide bonds. The van der Waals surface area contributed by atoms with Crippen molar-refractivity contribution < 1.29 is 9.53 Å². The molecule has 0 aromatic carbocycles. The molecule has 1 aromatic rings. The minimum atomic E-state index is 0.321. The standard InChI is InChI=1S/C8H8N2O2/c11-5-6-1-4-8(10-9-6)12-7-2-3-7/h1,4-5,7H,2-3H2. The van der Waals surface area contributed by atoms with Crippen LogP contribution in [-0.4, -0.2) is 22.6 Å². The van der Waals surface area contributed by atoms with Gasteiger partial charge in [-0.2, -0.15) is 0 Å². The molecule has 0 aliphatic heterocycles. The van der Waals surface area contributed by atoms with Crippen LogP contribution in [0.5, 0.6) is 5.88 Å². The van der Waals surface area contributed by atoms with Crippen molar-refractivity contribution in [1.29, 1.82) is 0 Å². The summed E-state index contributed by atoms with van der Waals surface area (Å²) in [5, 5.41) is 7.36. The molecule has 0 unspecified atom stereocenters. The Bertz CT molecular complexity index is 280. The molecule has 1 saturated carbocycles. The highest BCUT2D eigenvalue weighted by molar-refractivity contribution is 5.71. The predicted molar refractivity (Wildman–Crippen MR) is 41.1 cm³/mol. The minimum Gasteiger partial charge on any atom is -0.473 e. The fraction of sp³-hybridized carbons (Fsp3) is 0.375. The van der Waals surface area contributed by atoms with Crippen molar-refractivity contribution in [1.82, 2.24) is 10.2 Å². The van der Waals surface area contributed by atoms with Crippen molar-refractivity contribution >= 4 is 6.29 Å². The zero-order chi connectivity index (χ0) is 8.39. The van der Waals surface area contributed by atoms with Gasteiger partial charge in [0.2, 0.25) is 5.88 Å². The molecule has 1 aromatic heterocycles. The van der Waals surface area contributed by atoms with E-state index in [9.17, 15) is 4.79 Å². The van der Waals surface area contributed by atoms with Gasteiger partial charge in [0.05, 0.1) is 0 Å². The second kappa shape index (κ2) is 2.89. The molecule has 1 aliphatic rings. The van der Waals surface area contributed by atoms with Crippen LogP contribution in [-0.2, 0) is 0 Å². The van der Waals surface area contributed by atoms with E-state index in [0.717, 1.165) is 12.8 Å². The maximum atomic E-state index is 10.2. The molecule has 1 aliphatic carbocycles. The SMILES string of the molecule is O=Cc1ccc(OC2CC2)nn1. The molecule has 0 spiro atoms. The van der Waals surface area contributed by atoms with E-state index >= 15 is 0 Å². The Morgan fingerprint density at radius 2 is 2.25 bits per heavy atom. The van der Waals surface area contributed by atoms with Crippen LogP contribution in [0.1, 0.15) is 23.3 Å². The van der Waals surface area contributed by atoms with Gasteiger partial charge in [-0.15, -0.1) is 10.2 Å². The molecule has 0 N–H and O–H groups in total. The Kier molecular flexibility index (Phi) is 1.74. The molecule has 1 heterocycles. The molecule has 12 heavy (non-hydrogen) atoms. The molecule has 0 atom stereocenters. The third kappa shape index (κ3) is 1.58. The lowest BCUT2D eigenvalue weighted by molar-refractivity contribution is 0.111. The fourth-order valence-corrected chi connectivity index (χ4v) is 0.813. The number of aromatic nitrogens is 2. The van der Waals surface area contributed by atoms with Gasteiger partial charge in [0.15, 0.2) is 6.29 Å². The number of aldehydes is 1. The van der Waals surface area contributed by atoms with Crippen LogP contribution in [0.2, 0.25) is 0 Å². The van der Waals surface area contributed by atoms with Crippen molar-refractivity contribution in [2.75, 3.05) is 0 Å². The highest BCUT2D eigenvalue weighted by atomic mass is 16.5.